The number of hydrogen-bond donors (Lipinski definition) is 3. The Morgan fingerprint density at radius 2 is 2.07 bits per heavy atom. The summed E-state index contributed by atoms with van der Waals surface area (Å²) < 4.78 is 0.432. The van der Waals surface area contributed by atoms with E-state index in [0.717, 1.165) is 0 Å². The molecule has 1 aromatic rings. The molecule has 0 spiro atoms. The predicted octanol–water partition coefficient (Wildman–Crippen LogP) is 1.66. The first-order chi connectivity index (χ1) is 6.02. The fourth-order valence-corrected chi connectivity index (χ4v) is 1.26. The third-order valence-corrected chi connectivity index (χ3v) is 2.23. The molecule has 6 heteroatoms. The van der Waals surface area contributed by atoms with Gasteiger partial charge in [-0.25, -0.2) is 0 Å². The Labute approximate surface area is 95.3 Å². The van der Waals surface area contributed by atoms with E-state index in [1.807, 2.05) is 0 Å². The highest BCUT2D eigenvalue weighted by Crippen LogP contribution is 2.26. The molecular weight excluding hydrogens is 273 g/mol. The summed E-state index contributed by atoms with van der Waals surface area (Å²) in [4.78, 5) is 10.5. The molecule has 0 bridgehead atoms. The monoisotopic (exact) mass is 281 g/mol. The van der Waals surface area contributed by atoms with Crippen LogP contribution in [0.25, 0.3) is 0 Å². The van der Waals surface area contributed by atoms with Gasteiger partial charge >= 0.3 is 5.97 Å². The number of carboxylic acids is 1. The van der Waals surface area contributed by atoms with E-state index in [1.165, 1.54) is 18.2 Å². The summed E-state index contributed by atoms with van der Waals surface area (Å²) in [6, 6.07) is 3.28. The number of carbonyl (C=O) groups is 1. The van der Waals surface area contributed by atoms with Gasteiger partial charge in [-0.3, -0.25) is 4.79 Å². The number of phenols is 1. The summed E-state index contributed by atoms with van der Waals surface area (Å²) in [6.45, 7) is 0. The standard InChI is InChI=1S/C8H8BrNO3.ClH/c9-5-3-4(1-2-6(5)11)7(10)8(12)13;/h1-3,7,11H,10H2,(H,12,13);1H/t7-;/m0./s1. The lowest BCUT2D eigenvalue weighted by atomic mass is 10.1. The average Bonchev–Trinajstić information content (AvgIpc) is 2.08. The van der Waals surface area contributed by atoms with Crippen LogP contribution in [0.4, 0.5) is 0 Å². The second-order valence-corrected chi connectivity index (χ2v) is 3.38. The van der Waals surface area contributed by atoms with Gasteiger partial charge in [-0.15, -0.1) is 12.4 Å². The molecule has 0 aliphatic carbocycles. The van der Waals surface area contributed by atoms with Gasteiger partial charge in [-0.2, -0.15) is 0 Å². The predicted molar refractivity (Wildman–Crippen MR) is 57.6 cm³/mol. The van der Waals surface area contributed by atoms with E-state index in [9.17, 15) is 4.79 Å². The molecule has 14 heavy (non-hydrogen) atoms. The summed E-state index contributed by atoms with van der Waals surface area (Å²) in [5.41, 5.74) is 5.80. The van der Waals surface area contributed by atoms with E-state index in [0.29, 0.717) is 10.0 Å². The van der Waals surface area contributed by atoms with E-state index in [2.05, 4.69) is 15.9 Å². The normalized spacial score (nSPS) is 11.6. The van der Waals surface area contributed by atoms with Crippen molar-refractivity contribution in [2.75, 3.05) is 0 Å². The van der Waals surface area contributed by atoms with Gasteiger partial charge in [0.25, 0.3) is 0 Å². The molecule has 1 atom stereocenters. The van der Waals surface area contributed by atoms with Crippen molar-refractivity contribution in [3.8, 4) is 5.75 Å². The molecule has 0 amide bonds. The first-order valence-electron chi connectivity index (χ1n) is 3.49. The average molecular weight is 283 g/mol. The van der Waals surface area contributed by atoms with E-state index >= 15 is 0 Å². The quantitative estimate of drug-likeness (QED) is 0.770. The number of halogens is 2. The van der Waals surface area contributed by atoms with Crippen LogP contribution in [0.5, 0.6) is 5.75 Å². The molecule has 0 aliphatic heterocycles. The zero-order valence-corrected chi connectivity index (χ0v) is 9.38. The number of aliphatic carboxylic acids is 1. The van der Waals surface area contributed by atoms with Crippen molar-refractivity contribution in [3.63, 3.8) is 0 Å². The highest BCUT2D eigenvalue weighted by atomic mass is 79.9. The first-order valence-corrected chi connectivity index (χ1v) is 4.28. The maximum atomic E-state index is 10.5. The summed E-state index contributed by atoms with van der Waals surface area (Å²) in [7, 11) is 0. The fraction of sp³-hybridized carbons (Fsp3) is 0.125. The van der Waals surface area contributed by atoms with Crippen molar-refractivity contribution >= 4 is 34.3 Å². The molecule has 0 radical (unpaired) electrons. The summed E-state index contributed by atoms with van der Waals surface area (Å²) in [6.07, 6.45) is 0. The van der Waals surface area contributed by atoms with Crippen LogP contribution < -0.4 is 5.73 Å². The molecule has 0 aliphatic rings. The summed E-state index contributed by atoms with van der Waals surface area (Å²) in [5, 5.41) is 17.7. The second kappa shape index (κ2) is 5.19. The Morgan fingerprint density at radius 3 is 2.50 bits per heavy atom. The minimum absolute atomic E-state index is 0. The molecule has 0 saturated carbocycles. The van der Waals surface area contributed by atoms with Crippen molar-refractivity contribution in [2.24, 2.45) is 5.73 Å². The van der Waals surface area contributed by atoms with Gasteiger partial charge in [0.15, 0.2) is 0 Å². The number of rotatable bonds is 2. The van der Waals surface area contributed by atoms with E-state index in [1.54, 1.807) is 0 Å². The lowest BCUT2D eigenvalue weighted by molar-refractivity contribution is -0.138. The summed E-state index contributed by atoms with van der Waals surface area (Å²) in [5.74, 6) is -1.04. The SMILES string of the molecule is Cl.N[C@H](C(=O)O)c1ccc(O)c(Br)c1. The Morgan fingerprint density at radius 1 is 1.50 bits per heavy atom. The van der Waals surface area contributed by atoms with Crippen LogP contribution in [-0.4, -0.2) is 16.2 Å². The van der Waals surface area contributed by atoms with Crippen LogP contribution in [0.1, 0.15) is 11.6 Å². The number of nitrogens with two attached hydrogens (primary N) is 1. The van der Waals surface area contributed by atoms with Gasteiger partial charge in [-0.1, -0.05) is 6.07 Å². The first kappa shape index (κ1) is 13.2. The highest BCUT2D eigenvalue weighted by molar-refractivity contribution is 9.10. The van der Waals surface area contributed by atoms with Crippen molar-refractivity contribution in [1.29, 1.82) is 0 Å². The van der Waals surface area contributed by atoms with Crippen molar-refractivity contribution in [1.82, 2.24) is 0 Å². The molecule has 0 saturated heterocycles. The minimum Gasteiger partial charge on any atom is -0.507 e. The molecule has 1 rings (SSSR count). The third-order valence-electron chi connectivity index (χ3n) is 1.60. The number of aromatic hydroxyl groups is 1. The van der Waals surface area contributed by atoms with E-state index in [4.69, 9.17) is 15.9 Å². The third kappa shape index (κ3) is 2.87. The topological polar surface area (TPSA) is 83.6 Å². The van der Waals surface area contributed by atoms with Gasteiger partial charge < -0.3 is 15.9 Å². The Hall–Kier alpha value is -0.780. The Kier molecular flexibility index (Phi) is 4.90. The fourth-order valence-electron chi connectivity index (χ4n) is 0.859. The van der Waals surface area contributed by atoms with Crippen LogP contribution in [0.3, 0.4) is 0 Å². The van der Waals surface area contributed by atoms with Crippen molar-refractivity contribution in [2.45, 2.75) is 6.04 Å². The molecule has 4 N–H and O–H groups in total. The highest BCUT2D eigenvalue weighted by Gasteiger charge is 2.14. The van der Waals surface area contributed by atoms with Gasteiger partial charge in [0, 0.05) is 0 Å². The smallest absolute Gasteiger partial charge is 0.325 e. The maximum Gasteiger partial charge on any atom is 0.325 e. The van der Waals surface area contributed by atoms with Gasteiger partial charge in [0.2, 0.25) is 0 Å². The molecular formula is C8H9BrClNO3. The number of phenolic OH excluding ortho intramolecular Hbond substituents is 1. The molecule has 0 unspecified atom stereocenters. The minimum atomic E-state index is -1.10. The zero-order chi connectivity index (χ0) is 10.0. The van der Waals surface area contributed by atoms with Gasteiger partial charge in [0.1, 0.15) is 11.8 Å². The van der Waals surface area contributed by atoms with Crippen LogP contribution in [0.2, 0.25) is 0 Å². The molecule has 4 nitrogen and oxygen atoms in total. The lowest BCUT2D eigenvalue weighted by Gasteiger charge is -2.07. The number of hydrogen-bond acceptors (Lipinski definition) is 3. The van der Waals surface area contributed by atoms with Crippen LogP contribution in [-0.2, 0) is 4.79 Å². The van der Waals surface area contributed by atoms with Crippen LogP contribution >= 0.6 is 28.3 Å². The molecule has 78 valence electrons. The molecule has 0 heterocycles. The largest absolute Gasteiger partial charge is 0.507 e. The molecule has 0 aromatic heterocycles. The maximum absolute atomic E-state index is 10.5. The Bertz CT molecular complexity index is 345. The molecule has 0 fully saturated rings. The van der Waals surface area contributed by atoms with Crippen LogP contribution in [0.15, 0.2) is 22.7 Å². The second-order valence-electron chi connectivity index (χ2n) is 2.53. The summed E-state index contributed by atoms with van der Waals surface area (Å²) >= 11 is 3.06. The lowest BCUT2D eigenvalue weighted by Crippen LogP contribution is -2.20. The number of carboxylic acid groups (broad SMARTS) is 1. The van der Waals surface area contributed by atoms with Gasteiger partial charge in [0.05, 0.1) is 4.47 Å². The van der Waals surface area contributed by atoms with Gasteiger partial charge in [-0.05, 0) is 33.6 Å². The van der Waals surface area contributed by atoms with Crippen molar-refractivity contribution < 1.29 is 15.0 Å². The van der Waals surface area contributed by atoms with Crippen LogP contribution in [0, 0.1) is 0 Å². The molecule has 1 aromatic carbocycles. The van der Waals surface area contributed by atoms with Crippen molar-refractivity contribution in [3.05, 3.63) is 28.2 Å². The Balaban J connectivity index is 0.00000169. The zero-order valence-electron chi connectivity index (χ0n) is 6.98. The van der Waals surface area contributed by atoms with E-state index < -0.39 is 12.0 Å². The van der Waals surface area contributed by atoms with E-state index in [-0.39, 0.29) is 18.2 Å². The number of benzene rings is 1.